The maximum Gasteiger partial charge on any atom is 0.253 e. The maximum absolute atomic E-state index is 12.9. The van der Waals surface area contributed by atoms with E-state index in [9.17, 15) is 9.59 Å². The van der Waals surface area contributed by atoms with Gasteiger partial charge in [0.2, 0.25) is 11.1 Å². The summed E-state index contributed by atoms with van der Waals surface area (Å²) in [6, 6.07) is 22.4. The first-order valence-electron chi connectivity index (χ1n) is 11.2. The molecule has 0 aliphatic rings. The molecule has 2 amide bonds. The van der Waals surface area contributed by atoms with Crippen LogP contribution in [0.2, 0.25) is 0 Å². The molecule has 0 spiro atoms. The molecule has 4 aromatic rings. The van der Waals surface area contributed by atoms with Crippen molar-refractivity contribution in [2.24, 2.45) is 0 Å². The van der Waals surface area contributed by atoms with Crippen molar-refractivity contribution in [3.05, 3.63) is 95.1 Å². The zero-order valence-electron chi connectivity index (χ0n) is 19.7. The second-order valence-corrected chi connectivity index (χ2v) is 9.07. The van der Waals surface area contributed by atoms with Crippen LogP contribution in [0.4, 0.5) is 5.69 Å². The van der Waals surface area contributed by atoms with E-state index in [0.717, 1.165) is 16.8 Å². The molecule has 0 radical (unpaired) electrons. The number of aryl methyl sites for hydroxylation is 2. The SMILES string of the molecule is Cc1ccc(-n2nnnc2SCC(=O)Nc2ccccc2C(=O)NC(C)c2ccccc2)cc1C. The van der Waals surface area contributed by atoms with Crippen molar-refractivity contribution in [2.75, 3.05) is 11.1 Å². The normalized spacial score (nSPS) is 11.6. The van der Waals surface area contributed by atoms with E-state index >= 15 is 0 Å². The van der Waals surface area contributed by atoms with Crippen LogP contribution in [0.5, 0.6) is 0 Å². The second-order valence-electron chi connectivity index (χ2n) is 8.13. The van der Waals surface area contributed by atoms with Gasteiger partial charge in [-0.3, -0.25) is 9.59 Å². The van der Waals surface area contributed by atoms with Gasteiger partial charge in [-0.2, -0.15) is 4.68 Å². The number of carbonyl (C=O) groups is 2. The van der Waals surface area contributed by atoms with Crippen LogP contribution < -0.4 is 10.6 Å². The van der Waals surface area contributed by atoms with E-state index < -0.39 is 0 Å². The first-order valence-corrected chi connectivity index (χ1v) is 12.1. The molecule has 1 unspecified atom stereocenters. The van der Waals surface area contributed by atoms with Gasteiger partial charge in [0.05, 0.1) is 28.7 Å². The van der Waals surface area contributed by atoms with Crippen LogP contribution >= 0.6 is 11.8 Å². The van der Waals surface area contributed by atoms with Crippen LogP contribution in [0.1, 0.15) is 40.0 Å². The minimum Gasteiger partial charge on any atom is -0.345 e. The highest BCUT2D eigenvalue weighted by Crippen LogP contribution is 2.22. The smallest absolute Gasteiger partial charge is 0.253 e. The first kappa shape index (κ1) is 24.2. The first-order chi connectivity index (χ1) is 16.9. The zero-order valence-corrected chi connectivity index (χ0v) is 20.5. The predicted octanol–water partition coefficient (Wildman–Crippen LogP) is 4.50. The lowest BCUT2D eigenvalue weighted by atomic mass is 10.1. The number of carbonyl (C=O) groups excluding carboxylic acids is 2. The molecule has 178 valence electrons. The number of hydrogen-bond donors (Lipinski definition) is 2. The van der Waals surface area contributed by atoms with Gasteiger partial charge in [-0.1, -0.05) is 60.3 Å². The Bertz CT molecular complexity index is 1340. The second kappa shape index (κ2) is 11.0. The molecule has 1 atom stereocenters. The fourth-order valence-electron chi connectivity index (χ4n) is 3.49. The number of nitrogens with one attached hydrogen (secondary N) is 2. The van der Waals surface area contributed by atoms with Gasteiger partial charge < -0.3 is 10.6 Å². The highest BCUT2D eigenvalue weighted by molar-refractivity contribution is 7.99. The van der Waals surface area contributed by atoms with Crippen LogP contribution in [0.25, 0.3) is 5.69 Å². The number of benzene rings is 3. The lowest BCUT2D eigenvalue weighted by Gasteiger charge is -2.16. The maximum atomic E-state index is 12.9. The van der Waals surface area contributed by atoms with E-state index in [0.29, 0.717) is 16.4 Å². The number of amides is 2. The van der Waals surface area contributed by atoms with Crippen molar-refractivity contribution < 1.29 is 9.59 Å². The lowest BCUT2D eigenvalue weighted by molar-refractivity contribution is -0.113. The van der Waals surface area contributed by atoms with Crippen LogP contribution in [-0.4, -0.2) is 37.8 Å². The van der Waals surface area contributed by atoms with E-state index in [1.807, 2.05) is 69.3 Å². The van der Waals surface area contributed by atoms with E-state index in [4.69, 9.17) is 0 Å². The molecule has 3 aromatic carbocycles. The Kier molecular flexibility index (Phi) is 7.57. The minimum absolute atomic E-state index is 0.0849. The number of tetrazole rings is 1. The molecule has 0 aliphatic carbocycles. The summed E-state index contributed by atoms with van der Waals surface area (Å²) in [6.45, 7) is 5.99. The van der Waals surface area contributed by atoms with E-state index in [2.05, 4.69) is 26.2 Å². The number of para-hydroxylation sites is 1. The van der Waals surface area contributed by atoms with Gasteiger partial charge in [-0.05, 0) is 72.2 Å². The van der Waals surface area contributed by atoms with E-state index in [-0.39, 0.29) is 23.6 Å². The Hall–Kier alpha value is -3.98. The number of hydrogen-bond acceptors (Lipinski definition) is 6. The standard InChI is InChI=1S/C26H26N6O2S/c1-17-13-14-21(15-18(17)2)32-26(29-30-31-32)35-16-24(33)28-23-12-8-7-11-22(23)25(34)27-19(3)20-9-5-4-6-10-20/h4-15,19H,16H2,1-3H3,(H,27,34)(H,28,33). The molecule has 0 aliphatic heterocycles. The molecule has 1 heterocycles. The summed E-state index contributed by atoms with van der Waals surface area (Å²) in [4.78, 5) is 25.7. The molecule has 0 fully saturated rings. The highest BCUT2D eigenvalue weighted by Gasteiger charge is 2.17. The van der Waals surface area contributed by atoms with Crippen molar-refractivity contribution >= 4 is 29.3 Å². The molecule has 8 nitrogen and oxygen atoms in total. The highest BCUT2D eigenvalue weighted by atomic mass is 32.2. The Morgan fingerprint density at radius 1 is 0.971 bits per heavy atom. The minimum atomic E-state index is -0.263. The number of anilines is 1. The number of thioether (sulfide) groups is 1. The molecule has 0 saturated carbocycles. The summed E-state index contributed by atoms with van der Waals surface area (Å²) >= 11 is 1.22. The molecular weight excluding hydrogens is 460 g/mol. The fraction of sp³-hybridized carbons (Fsp3) is 0.192. The van der Waals surface area contributed by atoms with Gasteiger partial charge in [0.15, 0.2) is 0 Å². The number of nitrogens with zero attached hydrogens (tertiary/aromatic N) is 4. The third kappa shape index (κ3) is 5.93. The quantitative estimate of drug-likeness (QED) is 0.356. The molecule has 35 heavy (non-hydrogen) atoms. The van der Waals surface area contributed by atoms with Gasteiger partial charge in [-0.25, -0.2) is 0 Å². The predicted molar refractivity (Wildman–Crippen MR) is 137 cm³/mol. The molecule has 2 N–H and O–H groups in total. The summed E-state index contributed by atoms with van der Waals surface area (Å²) in [6.07, 6.45) is 0. The van der Waals surface area contributed by atoms with Gasteiger partial charge in [0.25, 0.3) is 5.91 Å². The van der Waals surface area contributed by atoms with Crippen molar-refractivity contribution in [1.82, 2.24) is 25.5 Å². The molecular formula is C26H26N6O2S. The van der Waals surface area contributed by atoms with Crippen molar-refractivity contribution in [3.8, 4) is 5.69 Å². The Morgan fingerprint density at radius 2 is 1.71 bits per heavy atom. The van der Waals surface area contributed by atoms with E-state index in [1.54, 1.807) is 28.9 Å². The molecule has 0 saturated heterocycles. The van der Waals surface area contributed by atoms with Gasteiger partial charge >= 0.3 is 0 Å². The van der Waals surface area contributed by atoms with E-state index in [1.165, 1.54) is 17.3 Å². The zero-order chi connectivity index (χ0) is 24.8. The van der Waals surface area contributed by atoms with Gasteiger partial charge in [0.1, 0.15) is 0 Å². The number of aromatic nitrogens is 4. The molecule has 0 bridgehead atoms. The van der Waals surface area contributed by atoms with Crippen LogP contribution in [0, 0.1) is 13.8 Å². The summed E-state index contributed by atoms with van der Waals surface area (Å²) < 4.78 is 1.61. The largest absolute Gasteiger partial charge is 0.345 e. The van der Waals surface area contributed by atoms with Crippen molar-refractivity contribution in [2.45, 2.75) is 32.0 Å². The Balaban J connectivity index is 1.40. The summed E-state index contributed by atoms with van der Waals surface area (Å²) in [5, 5.41) is 18.2. The summed E-state index contributed by atoms with van der Waals surface area (Å²) in [5.74, 6) is -0.439. The molecule has 9 heteroatoms. The van der Waals surface area contributed by atoms with Crippen LogP contribution in [0.3, 0.4) is 0 Å². The van der Waals surface area contributed by atoms with Gasteiger partial charge in [-0.15, -0.1) is 5.10 Å². The average molecular weight is 487 g/mol. The monoisotopic (exact) mass is 486 g/mol. The third-order valence-electron chi connectivity index (χ3n) is 5.60. The summed E-state index contributed by atoms with van der Waals surface area (Å²) in [5.41, 5.74) is 4.98. The Labute approximate surface area is 208 Å². The lowest BCUT2D eigenvalue weighted by Crippen LogP contribution is -2.28. The molecule has 4 rings (SSSR count). The van der Waals surface area contributed by atoms with Crippen LogP contribution in [0.15, 0.2) is 78.0 Å². The van der Waals surface area contributed by atoms with Crippen LogP contribution in [-0.2, 0) is 4.79 Å². The van der Waals surface area contributed by atoms with Crippen molar-refractivity contribution in [1.29, 1.82) is 0 Å². The average Bonchev–Trinajstić information content (AvgIpc) is 3.34. The Morgan fingerprint density at radius 3 is 2.49 bits per heavy atom. The summed E-state index contributed by atoms with van der Waals surface area (Å²) in [7, 11) is 0. The fourth-order valence-corrected chi connectivity index (χ4v) is 4.19. The van der Waals surface area contributed by atoms with Gasteiger partial charge in [0, 0.05) is 0 Å². The number of rotatable bonds is 8. The third-order valence-corrected chi connectivity index (χ3v) is 6.52. The molecule has 1 aromatic heterocycles. The van der Waals surface area contributed by atoms with Crippen molar-refractivity contribution in [3.63, 3.8) is 0 Å². The topological polar surface area (TPSA) is 102 Å².